The molecule has 5 nitrogen and oxygen atoms in total. The van der Waals surface area contributed by atoms with Crippen molar-refractivity contribution in [1.82, 2.24) is 5.32 Å². The van der Waals surface area contributed by atoms with Crippen molar-refractivity contribution in [3.63, 3.8) is 0 Å². The second kappa shape index (κ2) is 7.03. The number of rotatable bonds is 5. The lowest BCUT2D eigenvalue weighted by Crippen LogP contribution is -2.44. The summed E-state index contributed by atoms with van der Waals surface area (Å²) in [4.78, 5) is 23.1. The molecule has 0 radical (unpaired) electrons. The number of carbonyl (C=O) groups excluding carboxylic acids is 2. The van der Waals surface area contributed by atoms with Gasteiger partial charge < -0.3 is 14.8 Å². The molecule has 0 aliphatic rings. The number of hydrogen-bond acceptors (Lipinski definition) is 4. The van der Waals surface area contributed by atoms with Gasteiger partial charge in [0.2, 0.25) is 0 Å². The van der Waals surface area contributed by atoms with E-state index < -0.39 is 23.7 Å². The van der Waals surface area contributed by atoms with E-state index in [2.05, 4.69) is 16.6 Å². The third-order valence-corrected chi connectivity index (χ3v) is 2.19. The maximum absolute atomic E-state index is 11.6. The molecule has 0 aromatic rings. The maximum Gasteiger partial charge on any atom is 0.408 e. The van der Waals surface area contributed by atoms with E-state index >= 15 is 0 Å². The molecule has 18 heavy (non-hydrogen) atoms. The molecule has 5 heteroatoms. The SMILES string of the molecule is C=C[C@H](C)C[C@H](NC(=O)OC(C)(C)C)C(=O)OC. The Morgan fingerprint density at radius 3 is 2.33 bits per heavy atom. The summed E-state index contributed by atoms with van der Waals surface area (Å²) in [6.07, 6.45) is 1.51. The van der Waals surface area contributed by atoms with Crippen molar-refractivity contribution >= 4 is 12.1 Å². The van der Waals surface area contributed by atoms with Crippen LogP contribution in [0.25, 0.3) is 0 Å². The van der Waals surface area contributed by atoms with E-state index in [1.165, 1.54) is 7.11 Å². The van der Waals surface area contributed by atoms with Gasteiger partial charge in [-0.15, -0.1) is 6.58 Å². The van der Waals surface area contributed by atoms with Crippen LogP contribution in [-0.2, 0) is 14.3 Å². The number of amides is 1. The molecule has 104 valence electrons. The van der Waals surface area contributed by atoms with Crippen LogP contribution >= 0.6 is 0 Å². The summed E-state index contributed by atoms with van der Waals surface area (Å²) in [7, 11) is 1.28. The fourth-order valence-corrected chi connectivity index (χ4v) is 1.27. The minimum Gasteiger partial charge on any atom is -0.467 e. The fourth-order valence-electron chi connectivity index (χ4n) is 1.27. The quantitative estimate of drug-likeness (QED) is 0.606. The van der Waals surface area contributed by atoms with Crippen molar-refractivity contribution in [3.05, 3.63) is 12.7 Å². The van der Waals surface area contributed by atoms with Gasteiger partial charge in [0.05, 0.1) is 7.11 Å². The van der Waals surface area contributed by atoms with Crippen LogP contribution in [0.15, 0.2) is 12.7 Å². The average Bonchev–Trinajstić information content (AvgIpc) is 2.24. The number of hydrogen-bond donors (Lipinski definition) is 1. The van der Waals surface area contributed by atoms with Gasteiger partial charge in [0.15, 0.2) is 0 Å². The molecule has 0 aromatic carbocycles. The van der Waals surface area contributed by atoms with Crippen LogP contribution in [0.2, 0.25) is 0 Å². The number of allylic oxidation sites excluding steroid dienone is 1. The highest BCUT2D eigenvalue weighted by Crippen LogP contribution is 2.11. The first-order valence-electron chi connectivity index (χ1n) is 5.89. The van der Waals surface area contributed by atoms with Gasteiger partial charge in [-0.25, -0.2) is 9.59 Å². The topological polar surface area (TPSA) is 64.6 Å². The number of carbonyl (C=O) groups is 2. The Labute approximate surface area is 109 Å². The molecular formula is C13H23NO4. The van der Waals surface area contributed by atoms with Gasteiger partial charge >= 0.3 is 12.1 Å². The third kappa shape index (κ3) is 6.93. The van der Waals surface area contributed by atoms with Gasteiger partial charge in [0, 0.05) is 0 Å². The van der Waals surface area contributed by atoms with Gasteiger partial charge in [-0.1, -0.05) is 13.0 Å². The van der Waals surface area contributed by atoms with E-state index in [1.54, 1.807) is 26.8 Å². The summed E-state index contributed by atoms with van der Waals surface area (Å²) in [6.45, 7) is 10.8. The Morgan fingerprint density at radius 2 is 1.94 bits per heavy atom. The van der Waals surface area contributed by atoms with E-state index in [0.717, 1.165) is 0 Å². The molecular weight excluding hydrogens is 234 g/mol. The zero-order valence-corrected chi connectivity index (χ0v) is 11.8. The molecule has 1 N–H and O–H groups in total. The molecule has 0 unspecified atom stereocenters. The van der Waals surface area contributed by atoms with Crippen LogP contribution in [0.5, 0.6) is 0 Å². The molecule has 0 aliphatic heterocycles. The van der Waals surface area contributed by atoms with Gasteiger partial charge in [0.1, 0.15) is 11.6 Å². The molecule has 0 aromatic heterocycles. The molecule has 0 spiro atoms. The first-order chi connectivity index (χ1) is 8.19. The van der Waals surface area contributed by atoms with Crippen LogP contribution < -0.4 is 5.32 Å². The molecule has 2 atom stereocenters. The highest BCUT2D eigenvalue weighted by molar-refractivity contribution is 5.81. The zero-order chi connectivity index (χ0) is 14.3. The highest BCUT2D eigenvalue weighted by Gasteiger charge is 2.25. The van der Waals surface area contributed by atoms with Gasteiger partial charge in [-0.05, 0) is 33.1 Å². The number of nitrogens with one attached hydrogen (secondary N) is 1. The van der Waals surface area contributed by atoms with Crippen molar-refractivity contribution < 1.29 is 19.1 Å². The van der Waals surface area contributed by atoms with Crippen molar-refractivity contribution in [3.8, 4) is 0 Å². The summed E-state index contributed by atoms with van der Waals surface area (Å²) >= 11 is 0. The standard InChI is InChI=1S/C13H23NO4/c1-7-9(2)8-10(11(15)17-6)14-12(16)18-13(3,4)5/h7,9-10H,1,8H2,2-6H3,(H,14,16)/t9-,10-/m0/s1. The molecule has 0 bridgehead atoms. The lowest BCUT2D eigenvalue weighted by Gasteiger charge is -2.23. The Kier molecular flexibility index (Phi) is 6.44. The molecule has 0 rings (SSSR count). The van der Waals surface area contributed by atoms with Crippen LogP contribution in [0.4, 0.5) is 4.79 Å². The number of methoxy groups -OCH3 is 1. The molecule has 0 heterocycles. The van der Waals surface area contributed by atoms with Crippen molar-refractivity contribution in [2.45, 2.75) is 45.8 Å². The summed E-state index contributed by atoms with van der Waals surface area (Å²) in [5.41, 5.74) is -0.602. The van der Waals surface area contributed by atoms with Crippen LogP contribution in [0, 0.1) is 5.92 Å². The van der Waals surface area contributed by atoms with E-state index in [0.29, 0.717) is 6.42 Å². The van der Waals surface area contributed by atoms with Crippen molar-refractivity contribution in [1.29, 1.82) is 0 Å². The minimum absolute atomic E-state index is 0.0871. The number of alkyl carbamates (subject to hydrolysis) is 1. The smallest absolute Gasteiger partial charge is 0.408 e. The van der Waals surface area contributed by atoms with Crippen LogP contribution in [-0.4, -0.2) is 30.8 Å². The lowest BCUT2D eigenvalue weighted by molar-refractivity contribution is -0.143. The molecule has 0 saturated carbocycles. The fraction of sp³-hybridized carbons (Fsp3) is 0.692. The van der Waals surface area contributed by atoms with Crippen LogP contribution in [0.1, 0.15) is 34.1 Å². The Hall–Kier alpha value is -1.52. The van der Waals surface area contributed by atoms with Crippen LogP contribution in [0.3, 0.4) is 0 Å². The van der Waals surface area contributed by atoms with Gasteiger partial charge in [0.25, 0.3) is 0 Å². The van der Waals surface area contributed by atoms with Gasteiger partial charge in [-0.3, -0.25) is 0 Å². The number of ether oxygens (including phenoxy) is 2. The Balaban J connectivity index is 4.54. The molecule has 0 aliphatic carbocycles. The van der Waals surface area contributed by atoms with E-state index in [4.69, 9.17) is 4.74 Å². The predicted octanol–water partition coefficient (Wildman–Crippen LogP) is 2.26. The predicted molar refractivity (Wildman–Crippen MR) is 69.2 cm³/mol. The summed E-state index contributed by atoms with van der Waals surface area (Å²) in [5.74, 6) is -0.404. The first-order valence-corrected chi connectivity index (χ1v) is 5.89. The Bertz CT molecular complexity index is 307. The molecule has 0 saturated heterocycles. The molecule has 1 amide bonds. The molecule has 0 fully saturated rings. The largest absolute Gasteiger partial charge is 0.467 e. The zero-order valence-electron chi connectivity index (χ0n) is 11.8. The number of esters is 1. The monoisotopic (exact) mass is 257 g/mol. The minimum atomic E-state index is -0.724. The van der Waals surface area contributed by atoms with Gasteiger partial charge in [-0.2, -0.15) is 0 Å². The second-order valence-electron chi connectivity index (χ2n) is 5.17. The van der Waals surface area contributed by atoms with E-state index in [9.17, 15) is 9.59 Å². The summed E-state index contributed by atoms with van der Waals surface area (Å²) in [5, 5.41) is 2.51. The second-order valence-corrected chi connectivity index (χ2v) is 5.17. The summed E-state index contributed by atoms with van der Waals surface area (Å²) < 4.78 is 9.74. The van der Waals surface area contributed by atoms with E-state index in [1.807, 2.05) is 6.92 Å². The third-order valence-electron chi connectivity index (χ3n) is 2.19. The average molecular weight is 257 g/mol. The first kappa shape index (κ1) is 16.5. The van der Waals surface area contributed by atoms with Crippen molar-refractivity contribution in [2.75, 3.05) is 7.11 Å². The highest BCUT2D eigenvalue weighted by atomic mass is 16.6. The summed E-state index contributed by atoms with van der Waals surface area (Å²) in [6, 6.07) is -0.724. The van der Waals surface area contributed by atoms with E-state index in [-0.39, 0.29) is 5.92 Å². The normalized spacial score (nSPS) is 14.3. The van der Waals surface area contributed by atoms with Crippen molar-refractivity contribution in [2.24, 2.45) is 5.92 Å². The Morgan fingerprint density at radius 1 is 1.39 bits per heavy atom. The maximum atomic E-state index is 11.6. The lowest BCUT2D eigenvalue weighted by atomic mass is 10.0.